The van der Waals surface area contributed by atoms with E-state index in [4.69, 9.17) is 27.9 Å². The second-order valence-electron chi connectivity index (χ2n) is 5.46. The van der Waals surface area contributed by atoms with Crippen LogP contribution in [0.15, 0.2) is 36.5 Å². The molecule has 130 valence electrons. The fourth-order valence-corrected chi connectivity index (χ4v) is 2.95. The third kappa shape index (κ3) is 4.21. The van der Waals surface area contributed by atoms with Crippen molar-refractivity contribution in [2.75, 3.05) is 18.4 Å². The van der Waals surface area contributed by atoms with Crippen molar-refractivity contribution in [2.45, 2.75) is 12.5 Å². The molecule has 1 aromatic carbocycles. The van der Waals surface area contributed by atoms with Gasteiger partial charge >= 0.3 is 5.97 Å². The van der Waals surface area contributed by atoms with Crippen LogP contribution in [-0.2, 0) is 16.0 Å². The number of rotatable bonds is 5. The molecule has 1 aliphatic heterocycles. The number of cyclic esters (lactones) is 1. The molecular formula is C17H15Cl2N3O3. The minimum absolute atomic E-state index is 0.329. The number of nitrogens with one attached hydrogen (secondary N) is 2. The molecule has 1 atom stereocenters. The topological polar surface area (TPSA) is 80.3 Å². The molecule has 0 fully saturated rings. The highest BCUT2D eigenvalue weighted by Crippen LogP contribution is 2.22. The number of anilines is 1. The summed E-state index contributed by atoms with van der Waals surface area (Å²) >= 11 is 11.8. The van der Waals surface area contributed by atoms with Crippen LogP contribution < -0.4 is 10.6 Å². The largest absolute Gasteiger partial charge is 0.448 e. The van der Waals surface area contributed by atoms with Crippen LogP contribution in [0, 0.1) is 0 Å². The van der Waals surface area contributed by atoms with Crippen molar-refractivity contribution < 1.29 is 14.3 Å². The normalized spacial score (nSPS) is 15.9. The molecule has 3 rings (SSSR count). The summed E-state index contributed by atoms with van der Waals surface area (Å²) in [6.45, 7) is 0.743. The first-order chi connectivity index (χ1) is 12.0. The number of amides is 1. The van der Waals surface area contributed by atoms with E-state index in [0.29, 0.717) is 40.9 Å². The molecule has 1 amide bonds. The smallest absolute Gasteiger partial charge is 0.339 e. The van der Waals surface area contributed by atoms with E-state index < -0.39 is 12.1 Å². The number of pyridine rings is 1. The molecule has 0 radical (unpaired) electrons. The summed E-state index contributed by atoms with van der Waals surface area (Å²) in [6.07, 6.45) is 1.03. The lowest BCUT2D eigenvalue weighted by Gasteiger charge is -2.23. The van der Waals surface area contributed by atoms with E-state index in [-0.39, 0.29) is 5.91 Å². The number of hydrogen-bond acceptors (Lipinski definition) is 5. The average Bonchev–Trinajstić information content (AvgIpc) is 2.60. The van der Waals surface area contributed by atoms with E-state index in [9.17, 15) is 9.59 Å². The SMILES string of the molecule is O=C1O[C@H](C(=O)NCCNc2ncc(Cl)cc2Cl)Cc2ccccc21. The summed E-state index contributed by atoms with van der Waals surface area (Å²) in [7, 11) is 0. The van der Waals surface area contributed by atoms with Gasteiger partial charge in [0.25, 0.3) is 5.91 Å². The highest BCUT2D eigenvalue weighted by Gasteiger charge is 2.30. The minimum Gasteiger partial charge on any atom is -0.448 e. The molecule has 0 bridgehead atoms. The Morgan fingerprint density at radius 3 is 2.88 bits per heavy atom. The number of carbonyl (C=O) groups is 2. The van der Waals surface area contributed by atoms with Crippen LogP contribution >= 0.6 is 23.2 Å². The highest BCUT2D eigenvalue weighted by atomic mass is 35.5. The Balaban J connectivity index is 1.49. The number of hydrogen-bond donors (Lipinski definition) is 2. The zero-order chi connectivity index (χ0) is 17.8. The molecule has 25 heavy (non-hydrogen) atoms. The summed E-state index contributed by atoms with van der Waals surface area (Å²) in [5.41, 5.74) is 1.32. The van der Waals surface area contributed by atoms with E-state index in [1.54, 1.807) is 18.2 Å². The predicted octanol–water partition coefficient (Wildman–Crippen LogP) is 2.70. The summed E-state index contributed by atoms with van der Waals surface area (Å²) in [5, 5.41) is 6.58. The number of halogens is 2. The van der Waals surface area contributed by atoms with Crippen molar-refractivity contribution in [2.24, 2.45) is 0 Å². The average molecular weight is 380 g/mol. The van der Waals surface area contributed by atoms with Crippen LogP contribution in [-0.4, -0.2) is 36.1 Å². The Hall–Kier alpha value is -2.31. The number of nitrogens with zero attached hydrogens (tertiary/aromatic N) is 1. The van der Waals surface area contributed by atoms with E-state index in [1.165, 1.54) is 6.20 Å². The molecule has 0 saturated carbocycles. The van der Waals surface area contributed by atoms with Crippen LogP contribution in [0.5, 0.6) is 0 Å². The number of carbonyl (C=O) groups excluding carboxylic acids is 2. The standard InChI is InChI=1S/C17H15Cl2N3O3/c18-11-8-13(19)15(22-9-11)20-5-6-21-16(23)14-7-10-3-1-2-4-12(10)17(24)25-14/h1-4,8-9,14H,5-7H2,(H,20,22)(H,21,23)/t14-/m0/s1. The highest BCUT2D eigenvalue weighted by molar-refractivity contribution is 6.35. The number of fused-ring (bicyclic) bond motifs is 1. The zero-order valence-corrected chi connectivity index (χ0v) is 14.6. The van der Waals surface area contributed by atoms with Crippen molar-refractivity contribution >= 4 is 40.9 Å². The van der Waals surface area contributed by atoms with E-state index in [2.05, 4.69) is 15.6 Å². The molecule has 2 N–H and O–H groups in total. The van der Waals surface area contributed by atoms with Gasteiger partial charge in [0.05, 0.1) is 15.6 Å². The Labute approximate surface area is 154 Å². The van der Waals surface area contributed by atoms with Crippen molar-refractivity contribution in [1.82, 2.24) is 10.3 Å². The molecule has 2 heterocycles. The monoisotopic (exact) mass is 379 g/mol. The van der Waals surface area contributed by atoms with Crippen LogP contribution in [0.25, 0.3) is 0 Å². The molecule has 2 aromatic rings. The Kier molecular flexibility index (Phi) is 5.40. The van der Waals surface area contributed by atoms with Gasteiger partial charge in [0, 0.05) is 25.7 Å². The first-order valence-electron chi connectivity index (χ1n) is 7.66. The van der Waals surface area contributed by atoms with Gasteiger partial charge in [-0.3, -0.25) is 4.79 Å². The summed E-state index contributed by atoms with van der Waals surface area (Å²) in [5.74, 6) is -0.324. The Morgan fingerprint density at radius 1 is 1.28 bits per heavy atom. The van der Waals surface area contributed by atoms with Gasteiger partial charge in [-0.1, -0.05) is 41.4 Å². The lowest BCUT2D eigenvalue weighted by atomic mass is 9.98. The molecular weight excluding hydrogens is 365 g/mol. The van der Waals surface area contributed by atoms with Crippen molar-refractivity contribution in [3.05, 3.63) is 57.7 Å². The van der Waals surface area contributed by atoms with Crippen LogP contribution in [0.3, 0.4) is 0 Å². The second-order valence-corrected chi connectivity index (χ2v) is 6.30. The second kappa shape index (κ2) is 7.72. The van der Waals surface area contributed by atoms with Crippen molar-refractivity contribution in [3.63, 3.8) is 0 Å². The van der Waals surface area contributed by atoms with Crippen LogP contribution in [0.4, 0.5) is 5.82 Å². The Bertz CT molecular complexity index is 813. The molecule has 0 unspecified atom stereocenters. The van der Waals surface area contributed by atoms with Gasteiger partial charge in [0.1, 0.15) is 5.82 Å². The van der Waals surface area contributed by atoms with E-state index in [1.807, 2.05) is 12.1 Å². The van der Waals surface area contributed by atoms with E-state index >= 15 is 0 Å². The number of aromatic nitrogens is 1. The molecule has 0 aliphatic carbocycles. The van der Waals surface area contributed by atoms with Gasteiger partial charge in [-0.05, 0) is 17.7 Å². The van der Waals surface area contributed by atoms with Gasteiger partial charge in [-0.15, -0.1) is 0 Å². The minimum atomic E-state index is -0.820. The van der Waals surface area contributed by atoms with Crippen molar-refractivity contribution in [1.29, 1.82) is 0 Å². The van der Waals surface area contributed by atoms with Gasteiger partial charge < -0.3 is 15.4 Å². The van der Waals surface area contributed by atoms with Crippen LogP contribution in [0.2, 0.25) is 10.0 Å². The number of benzene rings is 1. The lowest BCUT2D eigenvalue weighted by molar-refractivity contribution is -0.130. The fourth-order valence-electron chi connectivity index (χ4n) is 2.50. The quantitative estimate of drug-likeness (QED) is 0.616. The van der Waals surface area contributed by atoms with Gasteiger partial charge in [-0.25, -0.2) is 9.78 Å². The molecule has 1 aromatic heterocycles. The van der Waals surface area contributed by atoms with Crippen LogP contribution in [0.1, 0.15) is 15.9 Å². The maximum Gasteiger partial charge on any atom is 0.339 e. The van der Waals surface area contributed by atoms with Gasteiger partial charge in [0.15, 0.2) is 6.10 Å². The molecule has 0 saturated heterocycles. The summed E-state index contributed by atoms with van der Waals surface area (Å²) < 4.78 is 5.20. The molecule has 8 heteroatoms. The lowest BCUT2D eigenvalue weighted by Crippen LogP contribution is -2.43. The summed E-state index contributed by atoms with van der Waals surface area (Å²) in [4.78, 5) is 28.2. The first-order valence-corrected chi connectivity index (χ1v) is 8.41. The third-order valence-electron chi connectivity index (χ3n) is 3.71. The Morgan fingerprint density at radius 2 is 2.08 bits per heavy atom. The molecule has 0 spiro atoms. The first kappa shape index (κ1) is 17.5. The maximum atomic E-state index is 12.2. The van der Waals surface area contributed by atoms with Gasteiger partial charge in [-0.2, -0.15) is 0 Å². The summed E-state index contributed by atoms with van der Waals surface area (Å²) in [6, 6.07) is 8.70. The number of esters is 1. The van der Waals surface area contributed by atoms with Gasteiger partial charge in [0.2, 0.25) is 0 Å². The number of ether oxygens (including phenoxy) is 1. The molecule has 6 nitrogen and oxygen atoms in total. The van der Waals surface area contributed by atoms with Crippen molar-refractivity contribution in [3.8, 4) is 0 Å². The fraction of sp³-hybridized carbons (Fsp3) is 0.235. The predicted molar refractivity (Wildman–Crippen MR) is 95.1 cm³/mol. The van der Waals surface area contributed by atoms with E-state index in [0.717, 1.165) is 5.56 Å². The zero-order valence-electron chi connectivity index (χ0n) is 13.1. The molecule has 1 aliphatic rings. The third-order valence-corrected chi connectivity index (χ3v) is 4.20. The maximum absolute atomic E-state index is 12.2.